The summed E-state index contributed by atoms with van der Waals surface area (Å²) >= 11 is 5.07. The van der Waals surface area contributed by atoms with Crippen molar-refractivity contribution in [3.8, 4) is 0 Å². The van der Waals surface area contributed by atoms with Crippen LogP contribution in [0.15, 0.2) is 16.9 Å². The van der Waals surface area contributed by atoms with Crippen LogP contribution in [0.3, 0.4) is 0 Å². The van der Waals surface area contributed by atoms with Gasteiger partial charge in [0.05, 0.1) is 12.8 Å². The highest BCUT2D eigenvalue weighted by atomic mass is 35.5. The molecule has 0 spiro atoms. The zero-order chi connectivity index (χ0) is 6.91. The first-order valence-electron chi connectivity index (χ1n) is 2.36. The molecule has 1 rings (SSSR count). The summed E-state index contributed by atoms with van der Waals surface area (Å²) in [6, 6.07) is 0. The van der Waals surface area contributed by atoms with Crippen molar-refractivity contribution in [3.63, 3.8) is 0 Å². The fourth-order valence-corrected chi connectivity index (χ4v) is 0.712. The monoisotopic (exact) mass is 151 g/mol. The summed E-state index contributed by atoms with van der Waals surface area (Å²) in [5.41, 5.74) is 0. The van der Waals surface area contributed by atoms with Gasteiger partial charge in [-0.15, -0.1) is 0 Å². The highest BCUT2D eigenvalue weighted by molar-refractivity contribution is 6.24. The molecule has 0 saturated carbocycles. The van der Waals surface area contributed by atoms with Crippen molar-refractivity contribution < 1.29 is 8.78 Å². The second-order valence-electron chi connectivity index (χ2n) is 1.76. The lowest BCUT2D eigenvalue weighted by atomic mass is 10.3. The molecule has 0 radical (unpaired) electrons. The maximum Gasteiger partial charge on any atom is 0.224 e. The average molecular weight is 152 g/mol. The number of aliphatic imine (C=N–C) groups is 1. The molecule has 1 aliphatic rings. The number of hydrogen-bond acceptors (Lipinski definition) is 1. The van der Waals surface area contributed by atoms with Gasteiger partial charge in [-0.25, -0.2) is 8.78 Å². The van der Waals surface area contributed by atoms with E-state index in [2.05, 4.69) is 4.99 Å². The minimum Gasteiger partial charge on any atom is -0.285 e. The number of halogens is 3. The highest BCUT2D eigenvalue weighted by Gasteiger charge is 2.25. The summed E-state index contributed by atoms with van der Waals surface area (Å²) in [5, 5.41) is -2.11. The van der Waals surface area contributed by atoms with E-state index in [4.69, 9.17) is 11.6 Å². The van der Waals surface area contributed by atoms with E-state index in [0.717, 1.165) is 6.21 Å². The summed E-state index contributed by atoms with van der Waals surface area (Å²) < 4.78 is 24.5. The zero-order valence-electron chi connectivity index (χ0n) is 4.44. The lowest BCUT2D eigenvalue weighted by Crippen LogP contribution is -2.18. The van der Waals surface area contributed by atoms with E-state index in [-0.39, 0.29) is 6.54 Å². The number of hydrogen-bond donors (Lipinski definition) is 0. The Balaban J connectivity index is 2.78. The van der Waals surface area contributed by atoms with Gasteiger partial charge in [0.2, 0.25) is 5.13 Å². The molecular weight excluding hydrogens is 148 g/mol. The molecule has 0 aromatic heterocycles. The standard InChI is InChI=1S/C5H4ClF2N/c6-5(8)1-4(7)2-9-3-5/h1-2H,3H2/t5-/m1/s1. The smallest absolute Gasteiger partial charge is 0.224 e. The van der Waals surface area contributed by atoms with Crippen LogP contribution in [0, 0.1) is 0 Å². The third-order valence-corrected chi connectivity index (χ3v) is 1.09. The van der Waals surface area contributed by atoms with Crippen LogP contribution >= 0.6 is 11.6 Å². The summed E-state index contributed by atoms with van der Waals surface area (Å²) in [6.07, 6.45) is 1.64. The van der Waals surface area contributed by atoms with Crippen LogP contribution in [0.1, 0.15) is 0 Å². The molecule has 0 amide bonds. The van der Waals surface area contributed by atoms with E-state index in [9.17, 15) is 8.78 Å². The molecule has 9 heavy (non-hydrogen) atoms. The first kappa shape index (κ1) is 6.68. The van der Waals surface area contributed by atoms with Gasteiger partial charge in [0.25, 0.3) is 0 Å². The van der Waals surface area contributed by atoms with Gasteiger partial charge in [-0.2, -0.15) is 0 Å². The van der Waals surface area contributed by atoms with Gasteiger partial charge in [0, 0.05) is 6.08 Å². The SMILES string of the molecule is FC1=C[C@](F)(Cl)CN=C1. The maximum atomic E-state index is 12.5. The molecule has 4 heteroatoms. The minimum atomic E-state index is -2.11. The van der Waals surface area contributed by atoms with Crippen LogP contribution < -0.4 is 0 Å². The lowest BCUT2D eigenvalue weighted by molar-refractivity contribution is 0.348. The molecular formula is C5H4ClF2N. The Hall–Kier alpha value is -0.440. The first-order valence-corrected chi connectivity index (χ1v) is 2.74. The second-order valence-corrected chi connectivity index (χ2v) is 2.39. The van der Waals surface area contributed by atoms with E-state index in [1.165, 1.54) is 0 Å². The molecule has 0 aliphatic carbocycles. The van der Waals surface area contributed by atoms with Crippen LogP contribution in [0.4, 0.5) is 8.78 Å². The summed E-state index contributed by atoms with van der Waals surface area (Å²) in [7, 11) is 0. The van der Waals surface area contributed by atoms with Crippen LogP contribution in [0.2, 0.25) is 0 Å². The summed E-state index contributed by atoms with van der Waals surface area (Å²) in [4.78, 5) is 3.34. The Morgan fingerprint density at radius 3 is 2.78 bits per heavy atom. The lowest BCUT2D eigenvalue weighted by Gasteiger charge is -2.12. The molecule has 1 aliphatic heterocycles. The molecule has 50 valence electrons. The van der Waals surface area contributed by atoms with Crippen molar-refractivity contribution >= 4 is 17.8 Å². The van der Waals surface area contributed by atoms with E-state index < -0.39 is 11.0 Å². The Kier molecular flexibility index (Phi) is 1.53. The predicted octanol–water partition coefficient (Wildman–Crippen LogP) is 1.83. The number of rotatable bonds is 0. The van der Waals surface area contributed by atoms with E-state index in [1.807, 2.05) is 0 Å². The molecule has 0 aromatic carbocycles. The minimum absolute atomic E-state index is 0.206. The molecule has 0 aromatic rings. The molecule has 0 unspecified atom stereocenters. The second kappa shape index (κ2) is 2.06. The van der Waals surface area contributed by atoms with Gasteiger partial charge in [0.1, 0.15) is 5.83 Å². The van der Waals surface area contributed by atoms with Gasteiger partial charge in [-0.05, 0) is 0 Å². The van der Waals surface area contributed by atoms with E-state index in [0.29, 0.717) is 6.08 Å². The summed E-state index contributed by atoms with van der Waals surface area (Å²) in [5.74, 6) is -0.723. The molecule has 1 heterocycles. The Labute approximate surface area is 56.0 Å². The maximum absolute atomic E-state index is 12.5. The van der Waals surface area contributed by atoms with Crippen LogP contribution in [0.25, 0.3) is 0 Å². The van der Waals surface area contributed by atoms with Crippen molar-refractivity contribution in [1.82, 2.24) is 0 Å². The number of nitrogens with zero attached hydrogens (tertiary/aromatic N) is 1. The third-order valence-electron chi connectivity index (χ3n) is 0.866. The fraction of sp³-hybridized carbons (Fsp3) is 0.400. The van der Waals surface area contributed by atoms with E-state index in [1.54, 1.807) is 0 Å². The summed E-state index contributed by atoms with van der Waals surface area (Å²) in [6.45, 7) is -0.206. The van der Waals surface area contributed by atoms with E-state index >= 15 is 0 Å². The Morgan fingerprint density at radius 1 is 1.78 bits per heavy atom. The van der Waals surface area contributed by atoms with Crippen LogP contribution in [0.5, 0.6) is 0 Å². The predicted molar refractivity (Wildman–Crippen MR) is 32.2 cm³/mol. The van der Waals surface area contributed by atoms with Gasteiger partial charge in [0.15, 0.2) is 0 Å². The number of alkyl halides is 2. The molecule has 0 fully saturated rings. The van der Waals surface area contributed by atoms with Gasteiger partial charge in [-0.1, -0.05) is 11.6 Å². The molecule has 0 saturated heterocycles. The van der Waals surface area contributed by atoms with Crippen molar-refractivity contribution in [2.24, 2.45) is 4.99 Å². The Morgan fingerprint density at radius 2 is 2.44 bits per heavy atom. The average Bonchev–Trinajstić information content (AvgIpc) is 1.60. The van der Waals surface area contributed by atoms with Gasteiger partial charge >= 0.3 is 0 Å². The largest absolute Gasteiger partial charge is 0.285 e. The van der Waals surface area contributed by atoms with Crippen molar-refractivity contribution in [1.29, 1.82) is 0 Å². The third kappa shape index (κ3) is 1.75. The number of dihydropyridines is 1. The van der Waals surface area contributed by atoms with Crippen molar-refractivity contribution in [2.45, 2.75) is 5.13 Å². The molecule has 0 bridgehead atoms. The number of allylic oxidation sites excluding steroid dienone is 1. The quantitative estimate of drug-likeness (QED) is 0.469. The topological polar surface area (TPSA) is 12.4 Å². The Bertz CT molecular complexity index is 174. The zero-order valence-corrected chi connectivity index (χ0v) is 5.20. The molecule has 0 N–H and O–H groups in total. The first-order chi connectivity index (χ1) is 4.10. The van der Waals surface area contributed by atoms with Crippen molar-refractivity contribution in [2.75, 3.05) is 6.54 Å². The van der Waals surface area contributed by atoms with Crippen LogP contribution in [-0.2, 0) is 0 Å². The van der Waals surface area contributed by atoms with Gasteiger partial charge in [-0.3, -0.25) is 4.99 Å². The van der Waals surface area contributed by atoms with Crippen LogP contribution in [-0.4, -0.2) is 17.9 Å². The highest BCUT2D eigenvalue weighted by Crippen LogP contribution is 2.23. The van der Waals surface area contributed by atoms with Crippen molar-refractivity contribution in [3.05, 3.63) is 11.9 Å². The van der Waals surface area contributed by atoms with Gasteiger partial charge < -0.3 is 0 Å². The molecule has 1 atom stereocenters. The fourth-order valence-electron chi connectivity index (χ4n) is 0.539. The molecule has 1 nitrogen and oxygen atoms in total. The normalized spacial score (nSPS) is 34.3.